The minimum atomic E-state index is -4.60. The number of ether oxygens (including phenoxy) is 1. The molecule has 0 aromatic heterocycles. The predicted octanol–water partition coefficient (Wildman–Crippen LogP) is 10.5. The van der Waals surface area contributed by atoms with Gasteiger partial charge < -0.3 is 10.1 Å². The summed E-state index contributed by atoms with van der Waals surface area (Å²) < 4.78 is 38.5. The third-order valence-electron chi connectivity index (χ3n) is 7.27. The van der Waals surface area contributed by atoms with E-state index in [1.807, 2.05) is 13.1 Å². The molecular weight excluding hydrogens is 650 g/mol. The summed E-state index contributed by atoms with van der Waals surface area (Å²) in [7, 11) is 1.76. The lowest BCUT2D eigenvalue weighted by Gasteiger charge is -2.22. The van der Waals surface area contributed by atoms with Gasteiger partial charge in [0.1, 0.15) is 17.4 Å². The first kappa shape index (κ1) is 43.3. The molecule has 11 heteroatoms. The monoisotopic (exact) mass is 702 g/mol. The Labute approximate surface area is 295 Å². The van der Waals surface area contributed by atoms with Crippen molar-refractivity contribution in [3.05, 3.63) is 76.4 Å². The first-order valence-corrected chi connectivity index (χ1v) is 17.6. The summed E-state index contributed by atoms with van der Waals surface area (Å²) in [5, 5.41) is 3.55. The predicted molar refractivity (Wildman–Crippen MR) is 200 cm³/mol. The molecule has 1 unspecified atom stereocenters. The highest BCUT2D eigenvalue weighted by Crippen LogP contribution is 2.23. The molecular formula is C38H53F3N4O3S. The number of halogens is 3. The van der Waals surface area contributed by atoms with Crippen LogP contribution in [0, 0.1) is 20.8 Å². The van der Waals surface area contributed by atoms with Crippen molar-refractivity contribution in [2.24, 2.45) is 15.0 Å². The Balaban J connectivity index is 0.000000427. The number of carbonyl (C=O) groups is 2. The van der Waals surface area contributed by atoms with E-state index in [4.69, 9.17) is 0 Å². The fraction of sp³-hybridized carbons (Fsp3) is 0.500. The Morgan fingerprint density at radius 1 is 1.06 bits per heavy atom. The Hall–Kier alpha value is -3.73. The molecule has 2 amide bonds. The number of hydrogen-bond acceptors (Lipinski definition) is 5. The number of benzene rings is 2. The minimum Gasteiger partial charge on any atom is -0.406 e. The van der Waals surface area contributed by atoms with E-state index >= 15 is 0 Å². The van der Waals surface area contributed by atoms with Gasteiger partial charge >= 0.3 is 12.4 Å². The number of unbranched alkanes of at least 4 members (excludes halogenated alkanes) is 1. The van der Waals surface area contributed by atoms with Crippen molar-refractivity contribution >= 4 is 40.7 Å². The second-order valence-electron chi connectivity index (χ2n) is 12.0. The molecule has 2 aromatic carbocycles. The van der Waals surface area contributed by atoms with Crippen LogP contribution in [0.3, 0.4) is 0 Å². The third-order valence-corrected chi connectivity index (χ3v) is 8.24. The van der Waals surface area contributed by atoms with Gasteiger partial charge in [0.15, 0.2) is 0 Å². The molecule has 3 rings (SSSR count). The lowest BCUT2D eigenvalue weighted by atomic mass is 9.94. The van der Waals surface area contributed by atoms with Gasteiger partial charge in [-0.2, -0.15) is 4.99 Å². The average molecular weight is 703 g/mol. The first-order valence-electron chi connectivity index (χ1n) is 16.7. The van der Waals surface area contributed by atoms with Crippen molar-refractivity contribution in [1.29, 1.82) is 0 Å². The molecule has 1 atom stereocenters. The van der Waals surface area contributed by atoms with Crippen LogP contribution in [-0.2, 0) is 4.79 Å². The summed E-state index contributed by atoms with van der Waals surface area (Å²) in [5.41, 5.74) is 6.27. The van der Waals surface area contributed by atoms with Gasteiger partial charge in [-0.25, -0.2) is 9.79 Å². The zero-order chi connectivity index (χ0) is 37.0. The summed E-state index contributed by atoms with van der Waals surface area (Å²) >= 11 is 1.31. The van der Waals surface area contributed by atoms with E-state index in [0.29, 0.717) is 23.1 Å². The Bertz CT molecular complexity index is 1450. The number of rotatable bonds is 9. The molecule has 0 bridgehead atoms. The molecule has 1 aliphatic carbocycles. The van der Waals surface area contributed by atoms with Crippen LogP contribution < -0.4 is 10.1 Å². The molecule has 270 valence electrons. The van der Waals surface area contributed by atoms with Crippen molar-refractivity contribution in [2.75, 3.05) is 12.8 Å². The van der Waals surface area contributed by atoms with Crippen LogP contribution >= 0.6 is 11.8 Å². The van der Waals surface area contributed by atoms with Gasteiger partial charge in [-0.15, -0.1) is 24.9 Å². The van der Waals surface area contributed by atoms with E-state index < -0.39 is 6.36 Å². The Morgan fingerprint density at radius 3 is 2.22 bits per heavy atom. The molecule has 49 heavy (non-hydrogen) atoms. The van der Waals surface area contributed by atoms with Gasteiger partial charge in [0.25, 0.3) is 0 Å². The highest BCUT2D eigenvalue weighted by molar-refractivity contribution is 8.14. The third kappa shape index (κ3) is 19.1. The molecule has 0 radical (unpaired) electrons. The second kappa shape index (κ2) is 22.8. The number of urea groups is 1. The molecule has 2 aromatic rings. The van der Waals surface area contributed by atoms with E-state index in [1.54, 1.807) is 33.0 Å². The van der Waals surface area contributed by atoms with E-state index in [0.717, 1.165) is 49.1 Å². The summed E-state index contributed by atoms with van der Waals surface area (Å²) in [5.74, 6) is 1.77. The van der Waals surface area contributed by atoms with Gasteiger partial charge in [-0.3, -0.25) is 9.79 Å². The van der Waals surface area contributed by atoms with E-state index in [-0.39, 0.29) is 23.6 Å². The molecule has 1 aliphatic rings. The van der Waals surface area contributed by atoms with E-state index in [2.05, 4.69) is 83.9 Å². The fourth-order valence-electron chi connectivity index (χ4n) is 4.62. The summed E-state index contributed by atoms with van der Waals surface area (Å²) in [6.45, 7) is 16.3. The largest absolute Gasteiger partial charge is 0.573 e. The van der Waals surface area contributed by atoms with Gasteiger partial charge in [-0.05, 0) is 88.1 Å². The number of nitrogens with zero attached hydrogens (tertiary/aromatic N) is 3. The topological polar surface area (TPSA) is 92.5 Å². The number of thioether (sulfide) groups is 1. The highest BCUT2D eigenvalue weighted by atomic mass is 32.2. The minimum absolute atomic E-state index is 0.0720. The summed E-state index contributed by atoms with van der Waals surface area (Å²) in [4.78, 5) is 36.0. The zero-order valence-corrected chi connectivity index (χ0v) is 31.2. The molecule has 0 spiro atoms. The van der Waals surface area contributed by atoms with Crippen molar-refractivity contribution in [3.63, 3.8) is 0 Å². The van der Waals surface area contributed by atoms with Crippen LogP contribution in [-0.4, -0.2) is 54.1 Å². The second-order valence-corrected chi connectivity index (χ2v) is 13.2. The van der Waals surface area contributed by atoms with Crippen molar-refractivity contribution < 1.29 is 27.5 Å². The number of ketones is 1. The van der Waals surface area contributed by atoms with Crippen LogP contribution in [0.2, 0.25) is 0 Å². The maximum Gasteiger partial charge on any atom is 0.573 e. The molecule has 0 fully saturated rings. The van der Waals surface area contributed by atoms with Crippen LogP contribution in [0.15, 0.2) is 69.1 Å². The Morgan fingerprint density at radius 2 is 1.71 bits per heavy atom. The number of amidine groups is 1. The standard InChI is InChI=1S/C19H30N4O2S.C11H16.C8H7F3O/c1-5-7-12-21-18(20-4)15-8-10-16(11-9-15)23-19(25)22-14(3)26-13-17(24)6-2;1-8(2)11-6-5-9(3)7-10(11)4;1-6-2-4-7(5-3-6)12-8(9,10)11/h8,12,16H,5-7,9-11,13H2,1-4H3,(H,23,25);5-8H,1-4H3;2-5H,1H3/b20-18?,21-12?,22-14-;;. The summed E-state index contributed by atoms with van der Waals surface area (Å²) in [6, 6.07) is 12.1. The number of aliphatic imine (C=N–C) groups is 3. The first-order chi connectivity index (χ1) is 23.1. The Kier molecular flexibility index (Phi) is 20.2. The van der Waals surface area contributed by atoms with Crippen LogP contribution in [0.5, 0.6) is 5.75 Å². The van der Waals surface area contributed by atoms with Crippen LogP contribution in [0.1, 0.15) is 101 Å². The lowest BCUT2D eigenvalue weighted by Crippen LogP contribution is -2.34. The average Bonchev–Trinajstić information content (AvgIpc) is 3.03. The number of alkyl halides is 3. The van der Waals surface area contributed by atoms with Crippen molar-refractivity contribution in [3.8, 4) is 5.75 Å². The quantitative estimate of drug-likeness (QED) is 0.208. The summed E-state index contributed by atoms with van der Waals surface area (Å²) in [6.07, 6.45) is 4.37. The van der Waals surface area contributed by atoms with Crippen LogP contribution in [0.25, 0.3) is 0 Å². The van der Waals surface area contributed by atoms with Crippen molar-refractivity contribution in [1.82, 2.24) is 5.32 Å². The van der Waals surface area contributed by atoms with Gasteiger partial charge in [0.2, 0.25) is 0 Å². The van der Waals surface area contributed by atoms with Gasteiger partial charge in [0, 0.05) is 25.7 Å². The highest BCUT2D eigenvalue weighted by Gasteiger charge is 2.30. The number of hydrogen-bond donors (Lipinski definition) is 1. The van der Waals surface area contributed by atoms with Crippen molar-refractivity contribution in [2.45, 2.75) is 112 Å². The fourth-order valence-corrected chi connectivity index (χ4v) is 5.34. The molecule has 0 saturated carbocycles. The SMILES string of the molecule is CCCC=NC(=NC)C1=CCC(NC(=O)/N=C(/C)SCC(=O)CC)CC1.Cc1ccc(C(C)C)c(C)c1.Cc1ccc(OC(F)(F)F)cc1. The van der Waals surface area contributed by atoms with Crippen LogP contribution in [0.4, 0.5) is 18.0 Å². The maximum atomic E-state index is 12.0. The van der Waals surface area contributed by atoms with Gasteiger partial charge in [0.05, 0.1) is 10.8 Å². The number of nitrogens with one attached hydrogen (secondary N) is 1. The zero-order valence-electron chi connectivity index (χ0n) is 30.4. The number of aryl methyl sites for hydroxylation is 3. The number of Topliss-reactive ketones (excluding diaryl/α,β-unsaturated/α-hetero) is 1. The smallest absolute Gasteiger partial charge is 0.406 e. The van der Waals surface area contributed by atoms with E-state index in [1.165, 1.54) is 40.6 Å². The molecule has 0 saturated heterocycles. The maximum absolute atomic E-state index is 12.0. The molecule has 7 nitrogen and oxygen atoms in total. The number of amides is 2. The molecule has 1 N–H and O–H groups in total. The normalized spacial score (nSPS) is 15.1. The lowest BCUT2D eigenvalue weighted by molar-refractivity contribution is -0.274. The molecule has 0 heterocycles. The molecule has 0 aliphatic heterocycles. The van der Waals surface area contributed by atoms with Gasteiger partial charge in [-0.1, -0.05) is 81.7 Å². The van der Waals surface area contributed by atoms with E-state index in [9.17, 15) is 22.8 Å². The number of carbonyl (C=O) groups excluding carboxylic acids is 2.